The van der Waals surface area contributed by atoms with Crippen molar-refractivity contribution in [3.8, 4) is 0 Å². The zero-order valence-corrected chi connectivity index (χ0v) is 26.4. The smallest absolute Gasteiger partial charge is 0.546 e. The van der Waals surface area contributed by atoms with Crippen molar-refractivity contribution < 1.29 is 90.2 Å². The largest absolute Gasteiger partial charge is 1.00 e. The van der Waals surface area contributed by atoms with Crippen molar-refractivity contribution in [1.29, 1.82) is 0 Å². The van der Waals surface area contributed by atoms with Crippen LogP contribution in [0, 0.1) is 5.92 Å². The number of urea groups is 1. The summed E-state index contributed by atoms with van der Waals surface area (Å²) >= 11 is 0. The summed E-state index contributed by atoms with van der Waals surface area (Å²) in [5.74, 6) is -6.95. The standard InChI is InChI=1S/C21H28N6O13S.Na/c1-9(21(4,19(31)32)38-11(3)28)17(29)37-10(2)18(30)39-24-16(22-5)15-14-12(7-23-25(14)6)13-8-26(15)20(33)27(13)40-41(34,35)36;/h7,9-10,13,15H,8H2,1-6H3,(H,22,24)(H,31,32)(H,34,35,36);/q;+1/p-1/t9-,10+,13+,15+,21?;/m1./s1. The topological polar surface area (TPSA) is 248 Å². The Labute approximate surface area is 261 Å². The number of ether oxygens (including phenoxy) is 2. The predicted molar refractivity (Wildman–Crippen MR) is 128 cm³/mol. The number of aryl methyl sites for hydroxylation is 1. The first kappa shape index (κ1) is 34.9. The Morgan fingerprint density at radius 1 is 1.26 bits per heavy atom. The maximum absolute atomic E-state index is 13.0. The molecule has 1 unspecified atom stereocenters. The van der Waals surface area contributed by atoms with E-state index in [0.717, 1.165) is 32.6 Å². The maximum atomic E-state index is 13.0. The molecule has 1 aromatic rings. The van der Waals surface area contributed by atoms with Crippen LogP contribution in [-0.2, 0) is 55.2 Å². The Morgan fingerprint density at radius 2 is 1.88 bits per heavy atom. The number of aromatic nitrogens is 2. The number of amides is 2. The molecule has 2 aliphatic rings. The van der Waals surface area contributed by atoms with Gasteiger partial charge >= 0.3 is 63.9 Å². The first-order valence-electron chi connectivity index (χ1n) is 11.8. The number of carbonyl (C=O) groups is 5. The van der Waals surface area contributed by atoms with Crippen LogP contribution in [0.1, 0.15) is 51.0 Å². The minimum Gasteiger partial charge on any atom is -0.546 e. The molecule has 19 nitrogen and oxygen atoms in total. The maximum Gasteiger partial charge on any atom is 1.00 e. The fraction of sp³-hybridized carbons (Fsp3) is 0.571. The fourth-order valence-electron chi connectivity index (χ4n) is 4.27. The first-order chi connectivity index (χ1) is 18.9. The Morgan fingerprint density at radius 3 is 2.40 bits per heavy atom. The molecule has 21 heteroatoms. The molecule has 3 rings (SSSR count). The van der Waals surface area contributed by atoms with Crippen LogP contribution < -0.4 is 40.1 Å². The van der Waals surface area contributed by atoms with E-state index in [1.807, 2.05) is 0 Å². The third-order valence-electron chi connectivity index (χ3n) is 6.53. The average molecular weight is 627 g/mol. The van der Waals surface area contributed by atoms with Crippen molar-refractivity contribution in [1.82, 2.24) is 25.2 Å². The van der Waals surface area contributed by atoms with Crippen molar-refractivity contribution in [2.45, 2.75) is 51.5 Å². The van der Waals surface area contributed by atoms with Gasteiger partial charge in [-0.3, -0.25) is 23.8 Å². The van der Waals surface area contributed by atoms with Crippen LogP contribution in [0.5, 0.6) is 0 Å². The summed E-state index contributed by atoms with van der Waals surface area (Å²) in [6, 6.07) is -3.01. The van der Waals surface area contributed by atoms with Crippen LogP contribution in [-0.4, -0.2) is 93.8 Å². The van der Waals surface area contributed by atoms with Crippen LogP contribution in [0.15, 0.2) is 11.2 Å². The zero-order valence-electron chi connectivity index (χ0n) is 23.6. The number of carboxylic acid groups (broad SMARTS) is 1. The van der Waals surface area contributed by atoms with E-state index >= 15 is 0 Å². The number of aliphatic imine (C=N–C) groups is 1. The van der Waals surface area contributed by atoms with E-state index in [4.69, 9.17) is 18.9 Å². The number of hydroxylamine groups is 3. The first-order valence-corrected chi connectivity index (χ1v) is 13.1. The molecule has 0 saturated carbocycles. The molecule has 3 heterocycles. The van der Waals surface area contributed by atoms with Gasteiger partial charge in [0.1, 0.15) is 12.1 Å². The summed E-state index contributed by atoms with van der Waals surface area (Å²) in [7, 11) is -2.22. The molecule has 5 atom stereocenters. The van der Waals surface area contributed by atoms with E-state index in [9.17, 15) is 37.5 Å². The molecular formula is C21H27N6NaO13S. The minimum absolute atomic E-state index is 0. The van der Waals surface area contributed by atoms with Crippen LogP contribution in [0.25, 0.3) is 0 Å². The van der Waals surface area contributed by atoms with Crippen LogP contribution in [0.2, 0.25) is 0 Å². The van der Waals surface area contributed by atoms with Crippen LogP contribution in [0.4, 0.5) is 4.79 Å². The third kappa shape index (κ3) is 6.84. The minimum atomic E-state index is -5.05. The number of carbonyl (C=O) groups excluding carboxylic acids is 5. The van der Waals surface area contributed by atoms with E-state index in [1.54, 1.807) is 0 Å². The number of hydrogen-bond acceptors (Lipinski definition) is 14. The molecule has 1 fully saturated rings. The van der Waals surface area contributed by atoms with Crippen molar-refractivity contribution >= 4 is 46.1 Å². The fourth-order valence-corrected chi connectivity index (χ4v) is 4.64. The Balaban J connectivity index is 0.00000616. The number of amidine groups is 1. The van der Waals surface area contributed by atoms with E-state index < -0.39 is 70.0 Å². The monoisotopic (exact) mass is 626 g/mol. The molecule has 2 bridgehead atoms. The van der Waals surface area contributed by atoms with Crippen molar-refractivity contribution in [2.24, 2.45) is 18.0 Å². The van der Waals surface area contributed by atoms with Gasteiger partial charge in [-0.05, 0) is 20.8 Å². The van der Waals surface area contributed by atoms with Crippen molar-refractivity contribution in [3.05, 3.63) is 17.5 Å². The van der Waals surface area contributed by atoms with Crippen molar-refractivity contribution in [2.75, 3.05) is 13.6 Å². The second kappa shape index (κ2) is 12.9. The Hall–Kier alpha value is -3.30. The molecule has 1 saturated heterocycles. The Kier molecular flexibility index (Phi) is 10.7. The molecule has 1 aromatic heterocycles. The molecule has 2 amide bonds. The normalized spacial score (nSPS) is 20.8. The summed E-state index contributed by atoms with van der Waals surface area (Å²) in [6.45, 7) is 3.99. The van der Waals surface area contributed by atoms with Gasteiger partial charge in [0.05, 0.1) is 30.3 Å². The number of hydrogen-bond donors (Lipinski definition) is 2. The molecule has 226 valence electrons. The van der Waals surface area contributed by atoms with Gasteiger partial charge in [-0.2, -0.15) is 18.6 Å². The molecule has 42 heavy (non-hydrogen) atoms. The molecular weight excluding hydrogens is 599 g/mol. The van der Waals surface area contributed by atoms with Gasteiger partial charge in [-0.15, -0.1) is 4.28 Å². The second-order valence-corrected chi connectivity index (χ2v) is 10.2. The summed E-state index contributed by atoms with van der Waals surface area (Å²) < 4.78 is 47.3. The summed E-state index contributed by atoms with van der Waals surface area (Å²) in [6.07, 6.45) is -0.240. The van der Waals surface area contributed by atoms with E-state index in [1.165, 1.54) is 25.0 Å². The molecule has 0 aromatic carbocycles. The quantitative estimate of drug-likeness (QED) is 0.0494. The average Bonchev–Trinajstić information content (AvgIpc) is 3.37. The van der Waals surface area contributed by atoms with Gasteiger partial charge in [0, 0.05) is 26.6 Å². The van der Waals surface area contributed by atoms with Gasteiger partial charge < -0.3 is 29.1 Å². The number of carboxylic acids is 1. The number of rotatable bonds is 9. The predicted octanol–water partition coefficient (Wildman–Crippen LogP) is -5.29. The Bertz CT molecular complexity index is 1410. The van der Waals surface area contributed by atoms with Gasteiger partial charge in [0.25, 0.3) is 0 Å². The number of aliphatic carboxylic acids is 1. The molecule has 0 aliphatic carbocycles. The number of nitrogens with zero attached hydrogens (tertiary/aromatic N) is 5. The number of nitrogens with one attached hydrogen (secondary N) is 1. The summed E-state index contributed by atoms with van der Waals surface area (Å²) in [5, 5.41) is 16.1. The van der Waals surface area contributed by atoms with E-state index in [-0.39, 0.29) is 41.9 Å². The van der Waals surface area contributed by atoms with E-state index in [0.29, 0.717) is 16.3 Å². The summed E-state index contributed by atoms with van der Waals surface area (Å²) in [5.41, 5.74) is 0.614. The summed E-state index contributed by atoms with van der Waals surface area (Å²) in [4.78, 5) is 71.2. The number of esters is 2. The van der Waals surface area contributed by atoms with E-state index in [2.05, 4.69) is 19.9 Å². The van der Waals surface area contributed by atoms with Gasteiger partial charge in [0.15, 0.2) is 17.5 Å². The van der Waals surface area contributed by atoms with Gasteiger partial charge in [-0.1, -0.05) is 0 Å². The van der Waals surface area contributed by atoms with Gasteiger partial charge in [0.2, 0.25) is 0 Å². The molecule has 0 spiro atoms. The van der Waals surface area contributed by atoms with Crippen LogP contribution in [0.3, 0.4) is 0 Å². The van der Waals surface area contributed by atoms with Crippen LogP contribution >= 0.6 is 0 Å². The second-order valence-electron chi connectivity index (χ2n) is 9.21. The SMILES string of the molecule is CN=C(NOC(=O)[C@H](C)OC(=O)[C@@H](C)C(C)(OC(C)=O)C(=O)[O-])[C@@H]1c2c(cnn2C)[C@@H]2CN1C(=O)N2OS(=O)(=O)O.[Na+]. The molecule has 2 aliphatic heterocycles. The zero-order chi connectivity index (χ0) is 31.0. The van der Waals surface area contributed by atoms with Crippen molar-refractivity contribution in [3.63, 3.8) is 0 Å². The third-order valence-corrected chi connectivity index (χ3v) is 6.88. The molecule has 0 radical (unpaired) electrons. The number of fused-ring (bicyclic) bond motifs is 4. The van der Waals surface area contributed by atoms with Gasteiger partial charge in [-0.25, -0.2) is 15.1 Å². The molecule has 2 N–H and O–H groups in total.